The van der Waals surface area contributed by atoms with Gasteiger partial charge in [-0.15, -0.1) is 16.4 Å². The minimum Gasteiger partial charge on any atom is -0.408 e. The van der Waals surface area contributed by atoms with Gasteiger partial charge in [0.25, 0.3) is 0 Å². The van der Waals surface area contributed by atoms with Gasteiger partial charge >= 0.3 is 6.28 Å². The molecule has 8 aromatic rings. The van der Waals surface area contributed by atoms with Crippen LogP contribution in [-0.4, -0.2) is 6.28 Å². The summed E-state index contributed by atoms with van der Waals surface area (Å²) in [6.07, 6.45) is 0.589. The van der Waals surface area contributed by atoms with E-state index in [0.717, 1.165) is 0 Å². The Labute approximate surface area is 300 Å². The Morgan fingerprint density at radius 2 is 0.608 bits per heavy atom. The number of aromatic nitrogens is 1. The molecule has 0 aliphatic carbocycles. The topological polar surface area (TPSA) is 3.88 Å². The van der Waals surface area contributed by atoms with E-state index in [-0.39, 0.29) is 0 Å². The Bertz CT molecular complexity index is 2370. The van der Waals surface area contributed by atoms with E-state index in [1.807, 2.05) is 0 Å². The fourth-order valence-corrected chi connectivity index (χ4v) is 8.27. The van der Waals surface area contributed by atoms with Gasteiger partial charge in [-0.25, -0.2) is 0 Å². The number of fused-ring (bicyclic) bond motifs is 1. The zero-order valence-electron chi connectivity index (χ0n) is 28.3. The molecule has 1 aromatic heterocycles. The van der Waals surface area contributed by atoms with Crippen LogP contribution in [0.4, 0.5) is 0 Å². The highest BCUT2D eigenvalue weighted by Gasteiger charge is 2.51. The van der Waals surface area contributed by atoms with Crippen LogP contribution in [0.15, 0.2) is 219 Å². The predicted octanol–water partition coefficient (Wildman–Crippen LogP) is 10.1. The van der Waals surface area contributed by atoms with Gasteiger partial charge in [-0.1, -0.05) is 206 Å². The highest BCUT2D eigenvalue weighted by Crippen LogP contribution is 2.41. The second kappa shape index (κ2) is 13.1. The van der Waals surface area contributed by atoms with Crippen LogP contribution in [0.3, 0.4) is 0 Å². The molecule has 7 aromatic carbocycles. The maximum atomic E-state index is 2.57. The van der Waals surface area contributed by atoms with Gasteiger partial charge in [0, 0.05) is 11.6 Å². The largest absolute Gasteiger partial charge is 0.408 e. The average molecular weight is 650 g/mol. The second-order valence-corrected chi connectivity index (χ2v) is 13.4. The summed E-state index contributed by atoms with van der Waals surface area (Å²) in [6.45, 7) is 0. The first-order chi connectivity index (χ1) is 25.3. The van der Waals surface area contributed by atoms with Gasteiger partial charge in [-0.05, 0) is 45.0 Å². The molecular weight excluding hydrogens is 613 g/mol. The van der Waals surface area contributed by atoms with Crippen LogP contribution < -0.4 is 15.4 Å². The Balaban J connectivity index is 1.34. The summed E-state index contributed by atoms with van der Waals surface area (Å²) < 4.78 is 2.57. The van der Waals surface area contributed by atoms with E-state index in [9.17, 15) is 0 Å². The lowest BCUT2D eigenvalue weighted by Gasteiger charge is -2.36. The molecule has 1 aliphatic rings. The average Bonchev–Trinajstić information content (AvgIpc) is 3.54. The number of hydrogen-bond donors (Lipinski definition) is 0. The number of pyridine rings is 1. The van der Waals surface area contributed by atoms with Gasteiger partial charge in [-0.2, -0.15) is 0 Å². The normalized spacial score (nSPS) is 13.2. The van der Waals surface area contributed by atoms with Crippen molar-refractivity contribution < 1.29 is 4.48 Å². The maximum Gasteiger partial charge on any atom is 0.361 e. The van der Waals surface area contributed by atoms with Crippen molar-refractivity contribution in [1.29, 1.82) is 0 Å². The highest BCUT2D eigenvalue weighted by molar-refractivity contribution is 7.11. The van der Waals surface area contributed by atoms with Gasteiger partial charge in [0.05, 0.1) is 0 Å². The van der Waals surface area contributed by atoms with Crippen molar-refractivity contribution in [2.24, 2.45) is 0 Å². The fourth-order valence-electron chi connectivity index (χ4n) is 8.27. The second-order valence-electron chi connectivity index (χ2n) is 13.4. The van der Waals surface area contributed by atoms with Crippen LogP contribution in [0, 0.1) is 0 Å². The van der Waals surface area contributed by atoms with Gasteiger partial charge in [0.15, 0.2) is 5.69 Å². The van der Waals surface area contributed by atoms with Crippen LogP contribution >= 0.6 is 0 Å². The van der Waals surface area contributed by atoms with Crippen LogP contribution in [0.1, 0.15) is 16.8 Å². The van der Waals surface area contributed by atoms with Crippen molar-refractivity contribution in [2.75, 3.05) is 0 Å². The Morgan fingerprint density at radius 1 is 0.275 bits per heavy atom. The van der Waals surface area contributed by atoms with E-state index < -0.39 is 6.28 Å². The van der Waals surface area contributed by atoms with E-state index in [1.165, 1.54) is 72.2 Å². The molecule has 1 aliphatic heterocycles. The Kier molecular flexibility index (Phi) is 7.83. The highest BCUT2D eigenvalue weighted by atomic mass is 14.9. The summed E-state index contributed by atoms with van der Waals surface area (Å²) in [7, 11) is 0. The summed E-state index contributed by atoms with van der Waals surface area (Å²) in [5.74, 6) is 0. The summed E-state index contributed by atoms with van der Waals surface area (Å²) >= 11 is 0. The number of rotatable bonds is 7. The molecule has 240 valence electrons. The summed E-state index contributed by atoms with van der Waals surface area (Å²) in [5.41, 5.74) is 16.1. The number of nitrogens with zero attached hydrogens (tertiary/aromatic N) is 1. The molecule has 0 atom stereocenters. The van der Waals surface area contributed by atoms with Gasteiger partial charge in [0.2, 0.25) is 0 Å². The molecular formula is C49H36BN. The summed E-state index contributed by atoms with van der Waals surface area (Å²) in [4.78, 5) is 0. The van der Waals surface area contributed by atoms with Gasteiger partial charge < -0.3 is 4.48 Å². The number of hydrogen-bond acceptors (Lipinski definition) is 0. The zero-order valence-corrected chi connectivity index (χ0v) is 28.3. The SMILES string of the molecule is c1ccc(C2=C(c3ccc(-c4ccccc4)cc3)[B-](c3ccc(-c4ccccc4)cc3)(c3ccc(-c4ccccc4)cc3)[n+]3ccccc32)cc1. The van der Waals surface area contributed by atoms with Crippen molar-refractivity contribution in [3.63, 3.8) is 0 Å². The minimum atomic E-state index is -1.70. The smallest absolute Gasteiger partial charge is 0.361 e. The van der Waals surface area contributed by atoms with E-state index >= 15 is 0 Å². The first kappa shape index (κ1) is 30.5. The van der Waals surface area contributed by atoms with Crippen molar-refractivity contribution in [1.82, 2.24) is 0 Å². The van der Waals surface area contributed by atoms with E-state index in [1.54, 1.807) is 0 Å². The minimum absolute atomic E-state index is 1.21. The van der Waals surface area contributed by atoms with Gasteiger partial charge in [0.1, 0.15) is 6.20 Å². The van der Waals surface area contributed by atoms with Crippen LogP contribution in [0.25, 0.3) is 44.4 Å². The van der Waals surface area contributed by atoms with Crippen LogP contribution in [0.5, 0.6) is 0 Å². The van der Waals surface area contributed by atoms with Crippen LogP contribution in [0.2, 0.25) is 0 Å². The summed E-state index contributed by atoms with van der Waals surface area (Å²) in [6, 6.07) is 77.4. The lowest BCUT2D eigenvalue weighted by Crippen LogP contribution is -2.78. The predicted molar refractivity (Wildman–Crippen MR) is 215 cm³/mol. The van der Waals surface area contributed by atoms with Crippen molar-refractivity contribution in [2.45, 2.75) is 0 Å². The molecule has 0 saturated carbocycles. The monoisotopic (exact) mass is 649 g/mol. The number of benzene rings is 7. The lowest BCUT2D eigenvalue weighted by molar-refractivity contribution is -0.539. The molecule has 0 bridgehead atoms. The maximum absolute atomic E-state index is 2.57. The Hall–Kier alpha value is -6.51. The summed E-state index contributed by atoms with van der Waals surface area (Å²) in [5, 5.41) is 0. The first-order valence-corrected chi connectivity index (χ1v) is 17.8. The molecule has 1 nitrogen and oxygen atoms in total. The molecule has 0 radical (unpaired) electrons. The molecule has 2 heteroatoms. The van der Waals surface area contributed by atoms with E-state index in [2.05, 4.69) is 223 Å². The molecule has 51 heavy (non-hydrogen) atoms. The fraction of sp³-hybridized carbons (Fsp3) is 0. The molecule has 2 heterocycles. The molecule has 0 amide bonds. The third kappa shape index (κ3) is 5.33. The molecule has 0 N–H and O–H groups in total. The third-order valence-electron chi connectivity index (χ3n) is 10.6. The van der Waals surface area contributed by atoms with E-state index in [4.69, 9.17) is 0 Å². The van der Waals surface area contributed by atoms with Crippen LogP contribution in [-0.2, 0) is 0 Å². The van der Waals surface area contributed by atoms with Crippen molar-refractivity contribution in [3.8, 4) is 33.4 Å². The van der Waals surface area contributed by atoms with Crippen molar-refractivity contribution in [3.05, 3.63) is 235 Å². The molecule has 9 rings (SSSR count). The quantitative estimate of drug-likeness (QED) is 0.151. The third-order valence-corrected chi connectivity index (χ3v) is 10.6. The molecule has 0 saturated heterocycles. The van der Waals surface area contributed by atoms with Gasteiger partial charge in [-0.3, -0.25) is 0 Å². The molecule has 0 spiro atoms. The zero-order chi connectivity index (χ0) is 34.0. The molecule has 0 fully saturated rings. The Morgan fingerprint density at radius 3 is 1.04 bits per heavy atom. The lowest BCUT2D eigenvalue weighted by atomic mass is 9.23. The van der Waals surface area contributed by atoms with E-state index in [0.29, 0.717) is 0 Å². The molecule has 0 unspecified atom stereocenters. The van der Waals surface area contributed by atoms with Crippen molar-refractivity contribution >= 4 is 28.3 Å². The first-order valence-electron chi connectivity index (χ1n) is 17.8. The standard InChI is InChI=1S/C49H36BN/c1-5-15-37(16-6-1)40-24-26-44(27-25-40)49-48(43-21-11-4-12-22-43)47-23-13-14-36-51(47)50(49,45-32-28-41(29-33-45)38-17-7-2-8-18-38)46-34-30-42(31-35-46)39-19-9-3-10-20-39/h1-36H.